The van der Waals surface area contributed by atoms with Crippen molar-refractivity contribution in [2.75, 3.05) is 0 Å². The minimum absolute atomic E-state index is 0.0788. The third-order valence-electron chi connectivity index (χ3n) is 1.88. The molecule has 3 heteroatoms. The molecular formula is C10H8ClNO. The minimum atomic E-state index is -0.0788. The van der Waals surface area contributed by atoms with Crippen LogP contribution in [0.4, 0.5) is 0 Å². The molecule has 0 aliphatic carbocycles. The number of fused-ring (bicyclic) bond motifs is 1. The molecule has 13 heavy (non-hydrogen) atoms. The molecule has 1 aromatic carbocycles. The van der Waals surface area contributed by atoms with Crippen LogP contribution in [0.2, 0.25) is 5.02 Å². The number of nitrogens with zero attached hydrogens (tertiary/aromatic N) is 1. The summed E-state index contributed by atoms with van der Waals surface area (Å²) in [5, 5.41) is 10.5. The van der Waals surface area contributed by atoms with Crippen molar-refractivity contribution in [1.29, 1.82) is 0 Å². The van der Waals surface area contributed by atoms with Crippen molar-refractivity contribution in [1.82, 2.24) is 4.98 Å². The fourth-order valence-electron chi connectivity index (χ4n) is 1.27. The van der Waals surface area contributed by atoms with Gasteiger partial charge < -0.3 is 5.11 Å². The maximum Gasteiger partial charge on any atom is 0.0853 e. The number of aliphatic hydroxyl groups is 1. The highest BCUT2D eigenvalue weighted by Crippen LogP contribution is 2.22. The van der Waals surface area contributed by atoms with E-state index in [-0.39, 0.29) is 6.61 Å². The summed E-state index contributed by atoms with van der Waals surface area (Å²) in [6.45, 7) is -0.0788. The zero-order valence-electron chi connectivity index (χ0n) is 6.87. The number of halogens is 1. The van der Waals surface area contributed by atoms with E-state index >= 15 is 0 Å². The van der Waals surface area contributed by atoms with Gasteiger partial charge in [0.05, 0.1) is 22.8 Å². The van der Waals surface area contributed by atoms with Crippen LogP contribution in [-0.2, 0) is 6.61 Å². The molecule has 0 aliphatic rings. The predicted octanol–water partition coefficient (Wildman–Crippen LogP) is 2.38. The number of aromatic nitrogens is 1. The van der Waals surface area contributed by atoms with Gasteiger partial charge in [-0.05, 0) is 12.1 Å². The average Bonchev–Trinajstić information content (AvgIpc) is 2.18. The number of hydrogen-bond acceptors (Lipinski definition) is 2. The van der Waals surface area contributed by atoms with Gasteiger partial charge >= 0.3 is 0 Å². The number of para-hydroxylation sites is 1. The van der Waals surface area contributed by atoms with Crippen LogP contribution >= 0.6 is 11.6 Å². The van der Waals surface area contributed by atoms with Gasteiger partial charge in [0.25, 0.3) is 0 Å². The number of rotatable bonds is 1. The quantitative estimate of drug-likeness (QED) is 0.755. The van der Waals surface area contributed by atoms with Crippen molar-refractivity contribution < 1.29 is 5.11 Å². The molecule has 0 unspecified atom stereocenters. The average molecular weight is 194 g/mol. The Hall–Kier alpha value is -1.12. The Labute approximate surface area is 80.8 Å². The van der Waals surface area contributed by atoms with Gasteiger partial charge in [-0.2, -0.15) is 0 Å². The van der Waals surface area contributed by atoms with Gasteiger partial charge in [0.2, 0.25) is 0 Å². The molecule has 0 fully saturated rings. The van der Waals surface area contributed by atoms with Crippen LogP contribution in [0.25, 0.3) is 10.9 Å². The lowest BCUT2D eigenvalue weighted by Crippen LogP contribution is -1.89. The molecular weight excluding hydrogens is 186 g/mol. The first-order valence-corrected chi connectivity index (χ1v) is 4.34. The number of benzene rings is 1. The Morgan fingerprint density at radius 3 is 2.85 bits per heavy atom. The number of aliphatic hydroxyl groups excluding tert-OH is 1. The van der Waals surface area contributed by atoms with Crippen LogP contribution in [0.5, 0.6) is 0 Å². The summed E-state index contributed by atoms with van der Waals surface area (Å²) in [4.78, 5) is 4.22. The highest BCUT2D eigenvalue weighted by Gasteiger charge is 2.01. The topological polar surface area (TPSA) is 33.1 Å². The van der Waals surface area contributed by atoms with Crippen molar-refractivity contribution in [2.45, 2.75) is 6.61 Å². The third-order valence-corrected chi connectivity index (χ3v) is 2.19. The van der Waals surface area contributed by atoms with E-state index in [1.807, 2.05) is 24.3 Å². The summed E-state index contributed by atoms with van der Waals surface area (Å²) in [5.74, 6) is 0. The first-order chi connectivity index (χ1) is 6.31. The zero-order chi connectivity index (χ0) is 9.26. The number of pyridine rings is 1. The van der Waals surface area contributed by atoms with E-state index in [9.17, 15) is 0 Å². The molecule has 2 rings (SSSR count). The molecule has 1 aromatic heterocycles. The molecule has 66 valence electrons. The first kappa shape index (κ1) is 8.48. The van der Waals surface area contributed by atoms with Crippen LogP contribution in [0.1, 0.15) is 5.69 Å². The Balaban J connectivity index is 2.77. The first-order valence-electron chi connectivity index (χ1n) is 3.96. The maximum atomic E-state index is 8.90. The van der Waals surface area contributed by atoms with Gasteiger partial charge in [-0.1, -0.05) is 29.8 Å². The Morgan fingerprint density at radius 1 is 1.31 bits per heavy atom. The standard InChI is InChI=1S/C10H8ClNO/c11-9-5-7(6-13)12-10-4-2-1-3-8(9)10/h1-5,13H,6H2. The summed E-state index contributed by atoms with van der Waals surface area (Å²) in [5.41, 5.74) is 1.42. The molecule has 1 heterocycles. The molecule has 2 aromatic rings. The van der Waals surface area contributed by atoms with Gasteiger partial charge in [-0.15, -0.1) is 0 Å². The molecule has 0 atom stereocenters. The Morgan fingerprint density at radius 2 is 2.08 bits per heavy atom. The van der Waals surface area contributed by atoms with Gasteiger partial charge in [0.1, 0.15) is 0 Å². The fourth-order valence-corrected chi connectivity index (χ4v) is 1.55. The highest BCUT2D eigenvalue weighted by atomic mass is 35.5. The van der Waals surface area contributed by atoms with Crippen LogP contribution in [0, 0.1) is 0 Å². The summed E-state index contributed by atoms with van der Waals surface area (Å²) in [6, 6.07) is 9.28. The normalized spacial score (nSPS) is 10.6. The lowest BCUT2D eigenvalue weighted by atomic mass is 10.2. The van der Waals surface area contributed by atoms with E-state index in [0.717, 1.165) is 10.9 Å². The number of hydrogen-bond donors (Lipinski definition) is 1. The second kappa shape index (κ2) is 3.32. The second-order valence-electron chi connectivity index (χ2n) is 2.77. The van der Waals surface area contributed by atoms with E-state index in [1.165, 1.54) is 0 Å². The molecule has 0 saturated carbocycles. The SMILES string of the molecule is OCc1cc(Cl)c2ccccc2n1. The van der Waals surface area contributed by atoms with E-state index in [1.54, 1.807) is 6.07 Å². The molecule has 0 spiro atoms. The monoisotopic (exact) mass is 193 g/mol. The molecule has 1 N–H and O–H groups in total. The van der Waals surface area contributed by atoms with Crippen molar-refractivity contribution in [3.8, 4) is 0 Å². The van der Waals surface area contributed by atoms with Crippen LogP contribution in [-0.4, -0.2) is 10.1 Å². The zero-order valence-corrected chi connectivity index (χ0v) is 7.62. The van der Waals surface area contributed by atoms with Crippen LogP contribution in [0.3, 0.4) is 0 Å². The lowest BCUT2D eigenvalue weighted by molar-refractivity contribution is 0.277. The van der Waals surface area contributed by atoms with Gasteiger partial charge in [0, 0.05) is 5.39 Å². The summed E-state index contributed by atoms with van der Waals surface area (Å²) < 4.78 is 0. The lowest BCUT2D eigenvalue weighted by Gasteiger charge is -2.01. The van der Waals surface area contributed by atoms with E-state index in [0.29, 0.717) is 10.7 Å². The third kappa shape index (κ3) is 1.50. The van der Waals surface area contributed by atoms with Gasteiger partial charge in [0.15, 0.2) is 0 Å². The Bertz CT molecular complexity index is 442. The summed E-state index contributed by atoms with van der Waals surface area (Å²) >= 11 is 5.99. The highest BCUT2D eigenvalue weighted by molar-refractivity contribution is 6.35. The second-order valence-corrected chi connectivity index (χ2v) is 3.18. The van der Waals surface area contributed by atoms with Crippen LogP contribution < -0.4 is 0 Å². The molecule has 0 amide bonds. The fraction of sp³-hybridized carbons (Fsp3) is 0.100. The summed E-state index contributed by atoms with van der Waals surface area (Å²) in [6.07, 6.45) is 0. The smallest absolute Gasteiger partial charge is 0.0853 e. The van der Waals surface area contributed by atoms with Crippen molar-refractivity contribution in [3.63, 3.8) is 0 Å². The molecule has 0 saturated heterocycles. The van der Waals surface area contributed by atoms with E-state index < -0.39 is 0 Å². The Kier molecular flexibility index (Phi) is 2.17. The minimum Gasteiger partial charge on any atom is -0.390 e. The van der Waals surface area contributed by atoms with Gasteiger partial charge in [-0.25, -0.2) is 0 Å². The molecule has 2 nitrogen and oxygen atoms in total. The van der Waals surface area contributed by atoms with E-state index in [4.69, 9.17) is 16.7 Å². The molecule has 0 radical (unpaired) electrons. The molecule has 0 bridgehead atoms. The maximum absolute atomic E-state index is 8.90. The largest absolute Gasteiger partial charge is 0.390 e. The molecule has 0 aliphatic heterocycles. The summed E-state index contributed by atoms with van der Waals surface area (Å²) in [7, 11) is 0. The predicted molar refractivity (Wildman–Crippen MR) is 52.7 cm³/mol. The van der Waals surface area contributed by atoms with Gasteiger partial charge in [-0.3, -0.25) is 4.98 Å². The van der Waals surface area contributed by atoms with E-state index in [2.05, 4.69) is 4.98 Å². The van der Waals surface area contributed by atoms with Crippen molar-refractivity contribution in [2.24, 2.45) is 0 Å². The van der Waals surface area contributed by atoms with Crippen LogP contribution in [0.15, 0.2) is 30.3 Å². The van der Waals surface area contributed by atoms with Crippen molar-refractivity contribution >= 4 is 22.5 Å². The van der Waals surface area contributed by atoms with Crippen molar-refractivity contribution in [3.05, 3.63) is 41.0 Å².